The molecular weight excluding hydrogens is 192 g/mol. The van der Waals surface area contributed by atoms with Gasteiger partial charge in [0.2, 0.25) is 0 Å². The molecule has 10 heavy (non-hydrogen) atoms. The first-order valence-corrected chi connectivity index (χ1v) is 4.08. The molecule has 1 aromatic rings. The number of rotatable bonds is 2. The van der Waals surface area contributed by atoms with Gasteiger partial charge in [-0.25, -0.2) is 4.98 Å². The van der Waals surface area contributed by atoms with E-state index < -0.39 is 0 Å². The van der Waals surface area contributed by atoms with Crippen molar-refractivity contribution in [3.05, 3.63) is 22.7 Å². The summed E-state index contributed by atoms with van der Waals surface area (Å²) in [6.45, 7) is 2.13. The van der Waals surface area contributed by atoms with Gasteiger partial charge in [0, 0.05) is 6.20 Å². The van der Waals surface area contributed by atoms with Gasteiger partial charge in [-0.05, 0) is 22.4 Å². The first-order chi connectivity index (χ1) is 4.83. The maximum atomic E-state index is 4.16. The molecule has 1 heterocycles. The zero-order valence-electron chi connectivity index (χ0n) is 5.84. The SMILES string of the molecule is CCCc1cnc(Br)cn1. The molecule has 0 aliphatic rings. The maximum Gasteiger partial charge on any atom is 0.124 e. The quantitative estimate of drug-likeness (QED) is 0.732. The van der Waals surface area contributed by atoms with E-state index in [1.165, 1.54) is 0 Å². The summed E-state index contributed by atoms with van der Waals surface area (Å²) in [5.41, 5.74) is 1.06. The third-order valence-corrected chi connectivity index (χ3v) is 1.59. The van der Waals surface area contributed by atoms with Gasteiger partial charge in [-0.3, -0.25) is 4.98 Å². The Morgan fingerprint density at radius 2 is 2.20 bits per heavy atom. The molecule has 0 N–H and O–H groups in total. The highest BCUT2D eigenvalue weighted by Crippen LogP contribution is 2.03. The standard InChI is InChI=1S/C7H9BrN2/c1-2-3-6-4-10-7(8)5-9-6/h4-5H,2-3H2,1H3. The van der Waals surface area contributed by atoms with Crippen LogP contribution in [0.25, 0.3) is 0 Å². The van der Waals surface area contributed by atoms with Gasteiger partial charge in [0.15, 0.2) is 0 Å². The minimum absolute atomic E-state index is 0.798. The highest BCUT2D eigenvalue weighted by Gasteiger charge is 1.91. The summed E-state index contributed by atoms with van der Waals surface area (Å²) in [6.07, 6.45) is 5.66. The van der Waals surface area contributed by atoms with Crippen molar-refractivity contribution in [3.8, 4) is 0 Å². The molecule has 0 spiro atoms. The average molecular weight is 201 g/mol. The topological polar surface area (TPSA) is 25.8 Å². The van der Waals surface area contributed by atoms with Crippen molar-refractivity contribution in [2.75, 3.05) is 0 Å². The Labute approximate surface area is 68.8 Å². The second-order valence-electron chi connectivity index (χ2n) is 2.08. The number of hydrogen-bond donors (Lipinski definition) is 0. The van der Waals surface area contributed by atoms with Gasteiger partial charge in [0.1, 0.15) is 4.60 Å². The summed E-state index contributed by atoms with van der Waals surface area (Å²) in [6, 6.07) is 0. The predicted molar refractivity (Wildman–Crippen MR) is 43.7 cm³/mol. The van der Waals surface area contributed by atoms with Crippen molar-refractivity contribution in [2.45, 2.75) is 19.8 Å². The smallest absolute Gasteiger partial charge is 0.124 e. The predicted octanol–water partition coefficient (Wildman–Crippen LogP) is 2.19. The summed E-state index contributed by atoms with van der Waals surface area (Å²) in [5, 5.41) is 0. The van der Waals surface area contributed by atoms with Crippen molar-refractivity contribution in [3.63, 3.8) is 0 Å². The van der Waals surface area contributed by atoms with E-state index >= 15 is 0 Å². The molecule has 2 nitrogen and oxygen atoms in total. The molecule has 0 saturated carbocycles. The zero-order chi connectivity index (χ0) is 7.40. The van der Waals surface area contributed by atoms with Crippen molar-refractivity contribution in [1.29, 1.82) is 0 Å². The molecule has 0 fully saturated rings. The Bertz CT molecular complexity index is 195. The largest absolute Gasteiger partial charge is 0.257 e. The highest BCUT2D eigenvalue weighted by atomic mass is 79.9. The second-order valence-corrected chi connectivity index (χ2v) is 2.89. The fraction of sp³-hybridized carbons (Fsp3) is 0.429. The van der Waals surface area contributed by atoms with Crippen LogP contribution in [0.4, 0.5) is 0 Å². The van der Waals surface area contributed by atoms with Crippen molar-refractivity contribution in [2.24, 2.45) is 0 Å². The Balaban J connectivity index is 2.69. The molecule has 0 unspecified atom stereocenters. The molecule has 1 aromatic heterocycles. The van der Waals surface area contributed by atoms with Crippen LogP contribution in [-0.2, 0) is 6.42 Å². The van der Waals surface area contributed by atoms with Crippen LogP contribution in [0, 0.1) is 0 Å². The molecule has 3 heteroatoms. The molecule has 0 aliphatic heterocycles. The number of halogens is 1. The summed E-state index contributed by atoms with van der Waals surface area (Å²) in [7, 11) is 0. The average Bonchev–Trinajstić information content (AvgIpc) is 1.95. The number of aromatic nitrogens is 2. The van der Waals surface area contributed by atoms with Crippen LogP contribution in [-0.4, -0.2) is 9.97 Å². The fourth-order valence-corrected chi connectivity index (χ4v) is 0.929. The van der Waals surface area contributed by atoms with Crippen molar-refractivity contribution >= 4 is 15.9 Å². The van der Waals surface area contributed by atoms with Crippen molar-refractivity contribution in [1.82, 2.24) is 9.97 Å². The molecule has 0 saturated heterocycles. The number of nitrogens with zero attached hydrogens (tertiary/aromatic N) is 2. The third kappa shape index (κ3) is 2.06. The normalized spacial score (nSPS) is 9.80. The molecule has 0 atom stereocenters. The van der Waals surface area contributed by atoms with Crippen LogP contribution in [0.5, 0.6) is 0 Å². The Morgan fingerprint density at radius 3 is 2.70 bits per heavy atom. The van der Waals surface area contributed by atoms with E-state index in [1.54, 1.807) is 12.4 Å². The maximum absolute atomic E-state index is 4.16. The van der Waals surface area contributed by atoms with Crippen LogP contribution >= 0.6 is 15.9 Å². The van der Waals surface area contributed by atoms with E-state index in [-0.39, 0.29) is 0 Å². The lowest BCUT2D eigenvalue weighted by Crippen LogP contribution is -1.89. The molecular formula is C7H9BrN2. The van der Waals surface area contributed by atoms with Gasteiger partial charge in [-0.2, -0.15) is 0 Å². The Kier molecular flexibility index (Phi) is 2.81. The Morgan fingerprint density at radius 1 is 1.40 bits per heavy atom. The van der Waals surface area contributed by atoms with E-state index in [2.05, 4.69) is 32.8 Å². The van der Waals surface area contributed by atoms with Crippen LogP contribution in [0.1, 0.15) is 19.0 Å². The van der Waals surface area contributed by atoms with Crippen LogP contribution in [0.15, 0.2) is 17.0 Å². The summed E-state index contributed by atoms with van der Waals surface area (Å²) in [4.78, 5) is 8.21. The molecule has 0 aliphatic carbocycles. The zero-order valence-corrected chi connectivity index (χ0v) is 7.43. The molecule has 0 radical (unpaired) electrons. The number of aryl methyl sites for hydroxylation is 1. The van der Waals surface area contributed by atoms with Crippen molar-refractivity contribution < 1.29 is 0 Å². The second kappa shape index (κ2) is 3.66. The molecule has 0 amide bonds. The first kappa shape index (κ1) is 7.66. The lowest BCUT2D eigenvalue weighted by Gasteiger charge is -1.94. The molecule has 1 rings (SSSR count). The van der Waals surface area contributed by atoms with E-state index in [1.807, 2.05) is 0 Å². The van der Waals surface area contributed by atoms with E-state index in [0.717, 1.165) is 23.1 Å². The third-order valence-electron chi connectivity index (χ3n) is 1.18. The summed E-state index contributed by atoms with van der Waals surface area (Å²) < 4.78 is 0.798. The Hall–Kier alpha value is -0.440. The van der Waals surface area contributed by atoms with Gasteiger partial charge in [0.05, 0.1) is 11.9 Å². The van der Waals surface area contributed by atoms with Gasteiger partial charge >= 0.3 is 0 Å². The van der Waals surface area contributed by atoms with Gasteiger partial charge in [-0.1, -0.05) is 13.3 Å². The summed E-state index contributed by atoms with van der Waals surface area (Å²) in [5.74, 6) is 0. The van der Waals surface area contributed by atoms with E-state index in [0.29, 0.717) is 0 Å². The minimum atomic E-state index is 0.798. The lowest BCUT2D eigenvalue weighted by molar-refractivity contribution is 0.867. The monoisotopic (exact) mass is 200 g/mol. The highest BCUT2D eigenvalue weighted by molar-refractivity contribution is 9.10. The fourth-order valence-electron chi connectivity index (χ4n) is 0.724. The van der Waals surface area contributed by atoms with E-state index in [9.17, 15) is 0 Å². The number of hydrogen-bond acceptors (Lipinski definition) is 2. The van der Waals surface area contributed by atoms with Gasteiger partial charge < -0.3 is 0 Å². The van der Waals surface area contributed by atoms with Crippen LogP contribution in [0.2, 0.25) is 0 Å². The van der Waals surface area contributed by atoms with Gasteiger partial charge in [0.25, 0.3) is 0 Å². The molecule has 0 aromatic carbocycles. The summed E-state index contributed by atoms with van der Waals surface area (Å²) >= 11 is 3.22. The van der Waals surface area contributed by atoms with Crippen LogP contribution in [0.3, 0.4) is 0 Å². The van der Waals surface area contributed by atoms with E-state index in [4.69, 9.17) is 0 Å². The lowest BCUT2D eigenvalue weighted by atomic mass is 10.3. The molecule has 0 bridgehead atoms. The van der Waals surface area contributed by atoms with Crippen LogP contribution < -0.4 is 0 Å². The molecule has 54 valence electrons. The van der Waals surface area contributed by atoms with Gasteiger partial charge in [-0.15, -0.1) is 0 Å². The minimum Gasteiger partial charge on any atom is -0.257 e. The first-order valence-electron chi connectivity index (χ1n) is 3.29.